The largest absolute Gasteiger partial charge is 0.508 e. The second kappa shape index (κ2) is 7.09. The van der Waals surface area contributed by atoms with Gasteiger partial charge >= 0.3 is 6.16 Å². The van der Waals surface area contributed by atoms with Crippen LogP contribution in [0.4, 0.5) is 9.18 Å². The van der Waals surface area contributed by atoms with E-state index in [1.807, 2.05) is 0 Å². The normalized spacial score (nSPS) is 11.2. The number of carbonyl (C=O) groups excluding carboxylic acids is 1. The van der Waals surface area contributed by atoms with Crippen LogP contribution in [0.1, 0.15) is 26.3 Å². The van der Waals surface area contributed by atoms with Crippen molar-refractivity contribution in [2.75, 3.05) is 13.2 Å². The molecule has 4 nitrogen and oxygen atoms in total. The molecule has 0 saturated carbocycles. The molecule has 1 aromatic rings. The molecule has 0 heterocycles. The van der Waals surface area contributed by atoms with Gasteiger partial charge in [-0.2, -0.15) is 0 Å². The van der Waals surface area contributed by atoms with E-state index in [2.05, 4.69) is 5.32 Å². The van der Waals surface area contributed by atoms with E-state index < -0.39 is 11.8 Å². The maximum Gasteiger partial charge on any atom is 0.508 e. The third kappa shape index (κ3) is 6.76. The van der Waals surface area contributed by atoms with Crippen LogP contribution in [0, 0.1) is 5.82 Å². The molecule has 106 valence electrons. The standard InChI is InChI=1S/C14H20FNO3/c1-14(2,3)19-13(17)18-9-8-16-10-11-6-4-5-7-12(11)15/h4-7,16H,8-10H2,1-3H3. The maximum absolute atomic E-state index is 13.3. The molecule has 0 aliphatic heterocycles. The number of benzene rings is 1. The Bertz CT molecular complexity index is 415. The summed E-state index contributed by atoms with van der Waals surface area (Å²) in [6.45, 7) is 6.32. The number of nitrogens with one attached hydrogen (secondary N) is 1. The zero-order valence-electron chi connectivity index (χ0n) is 11.5. The SMILES string of the molecule is CC(C)(C)OC(=O)OCCNCc1ccccc1F. The zero-order chi connectivity index (χ0) is 14.3. The van der Waals surface area contributed by atoms with Crippen molar-refractivity contribution in [1.82, 2.24) is 5.32 Å². The molecule has 1 N–H and O–H groups in total. The van der Waals surface area contributed by atoms with E-state index in [9.17, 15) is 9.18 Å². The first kappa shape index (κ1) is 15.4. The Morgan fingerprint density at radius 3 is 2.63 bits per heavy atom. The van der Waals surface area contributed by atoms with Gasteiger partial charge in [0.1, 0.15) is 18.0 Å². The zero-order valence-corrected chi connectivity index (χ0v) is 11.5. The second-order valence-electron chi connectivity index (χ2n) is 5.08. The molecule has 0 amide bonds. The van der Waals surface area contributed by atoms with Crippen molar-refractivity contribution < 1.29 is 18.7 Å². The Kier molecular flexibility index (Phi) is 5.76. The van der Waals surface area contributed by atoms with E-state index in [-0.39, 0.29) is 12.4 Å². The minimum atomic E-state index is -0.694. The van der Waals surface area contributed by atoms with Gasteiger partial charge in [-0.05, 0) is 26.8 Å². The highest BCUT2D eigenvalue weighted by Gasteiger charge is 2.16. The molecule has 0 aliphatic rings. The van der Waals surface area contributed by atoms with E-state index in [1.54, 1.807) is 39.0 Å². The van der Waals surface area contributed by atoms with Crippen LogP contribution in [0.25, 0.3) is 0 Å². The molecule has 0 bridgehead atoms. The molecule has 0 radical (unpaired) electrons. The fourth-order valence-electron chi connectivity index (χ4n) is 1.35. The Labute approximate surface area is 112 Å². The van der Waals surface area contributed by atoms with Gasteiger partial charge in [-0.25, -0.2) is 9.18 Å². The fraction of sp³-hybridized carbons (Fsp3) is 0.500. The molecular weight excluding hydrogens is 249 g/mol. The Morgan fingerprint density at radius 2 is 2.00 bits per heavy atom. The topological polar surface area (TPSA) is 47.6 Å². The van der Waals surface area contributed by atoms with Crippen LogP contribution >= 0.6 is 0 Å². The summed E-state index contributed by atoms with van der Waals surface area (Å²) in [5.41, 5.74) is 0.0253. The summed E-state index contributed by atoms with van der Waals surface area (Å²) in [4.78, 5) is 11.2. The van der Waals surface area contributed by atoms with E-state index in [4.69, 9.17) is 9.47 Å². The minimum absolute atomic E-state index is 0.184. The molecule has 0 aliphatic carbocycles. The summed E-state index contributed by atoms with van der Waals surface area (Å²) in [7, 11) is 0. The van der Waals surface area contributed by atoms with Crippen LogP contribution in [0.15, 0.2) is 24.3 Å². The third-order valence-electron chi connectivity index (χ3n) is 2.16. The third-order valence-corrected chi connectivity index (χ3v) is 2.16. The number of carbonyl (C=O) groups is 1. The monoisotopic (exact) mass is 269 g/mol. The van der Waals surface area contributed by atoms with Gasteiger partial charge in [0.15, 0.2) is 0 Å². The highest BCUT2D eigenvalue weighted by molar-refractivity contribution is 5.60. The van der Waals surface area contributed by atoms with Crippen molar-refractivity contribution >= 4 is 6.16 Å². The predicted molar refractivity (Wildman–Crippen MR) is 70.3 cm³/mol. The van der Waals surface area contributed by atoms with Crippen molar-refractivity contribution in [1.29, 1.82) is 0 Å². The van der Waals surface area contributed by atoms with Crippen molar-refractivity contribution in [3.05, 3.63) is 35.6 Å². The lowest BCUT2D eigenvalue weighted by molar-refractivity contribution is -0.00661. The molecule has 0 atom stereocenters. The lowest BCUT2D eigenvalue weighted by Gasteiger charge is -2.18. The van der Waals surface area contributed by atoms with Gasteiger partial charge in [-0.1, -0.05) is 18.2 Å². The average molecular weight is 269 g/mol. The highest BCUT2D eigenvalue weighted by Crippen LogP contribution is 2.08. The quantitative estimate of drug-likeness (QED) is 0.659. The van der Waals surface area contributed by atoms with E-state index in [0.717, 1.165) is 0 Å². The summed E-state index contributed by atoms with van der Waals surface area (Å²) in [6, 6.07) is 6.53. The van der Waals surface area contributed by atoms with Crippen LogP contribution in [-0.2, 0) is 16.0 Å². The Hall–Kier alpha value is -1.62. The van der Waals surface area contributed by atoms with Crippen LogP contribution in [0.2, 0.25) is 0 Å². The van der Waals surface area contributed by atoms with Crippen LogP contribution in [-0.4, -0.2) is 24.9 Å². The maximum atomic E-state index is 13.3. The molecule has 0 spiro atoms. The first-order valence-electron chi connectivity index (χ1n) is 6.18. The number of rotatable bonds is 5. The van der Waals surface area contributed by atoms with E-state index >= 15 is 0 Å². The lowest BCUT2D eigenvalue weighted by Crippen LogP contribution is -2.27. The smallest absolute Gasteiger partial charge is 0.433 e. The van der Waals surface area contributed by atoms with Crippen molar-refractivity contribution in [3.8, 4) is 0 Å². The lowest BCUT2D eigenvalue weighted by atomic mass is 10.2. The molecule has 0 unspecified atom stereocenters. The molecule has 0 aromatic heterocycles. The summed E-state index contributed by atoms with van der Waals surface area (Å²) >= 11 is 0. The number of hydrogen-bond donors (Lipinski definition) is 1. The van der Waals surface area contributed by atoms with Gasteiger partial charge in [0.25, 0.3) is 0 Å². The molecular formula is C14H20FNO3. The molecule has 5 heteroatoms. The van der Waals surface area contributed by atoms with Gasteiger partial charge in [-0.3, -0.25) is 0 Å². The summed E-state index contributed by atoms with van der Waals surface area (Å²) in [6.07, 6.45) is -0.694. The molecule has 1 rings (SSSR count). The van der Waals surface area contributed by atoms with Gasteiger partial charge in [0.2, 0.25) is 0 Å². The number of hydrogen-bond acceptors (Lipinski definition) is 4. The fourth-order valence-corrected chi connectivity index (χ4v) is 1.35. The van der Waals surface area contributed by atoms with E-state index in [0.29, 0.717) is 18.7 Å². The van der Waals surface area contributed by atoms with E-state index in [1.165, 1.54) is 6.07 Å². The summed E-state index contributed by atoms with van der Waals surface area (Å²) in [5, 5.41) is 2.99. The predicted octanol–water partition coefficient (Wildman–Crippen LogP) is 2.87. The van der Waals surface area contributed by atoms with Gasteiger partial charge < -0.3 is 14.8 Å². The van der Waals surface area contributed by atoms with Crippen LogP contribution < -0.4 is 5.32 Å². The Morgan fingerprint density at radius 1 is 1.32 bits per heavy atom. The highest BCUT2D eigenvalue weighted by atomic mass is 19.1. The van der Waals surface area contributed by atoms with Gasteiger partial charge in [0, 0.05) is 18.7 Å². The average Bonchev–Trinajstić information content (AvgIpc) is 2.28. The second-order valence-corrected chi connectivity index (χ2v) is 5.08. The minimum Gasteiger partial charge on any atom is -0.433 e. The van der Waals surface area contributed by atoms with Crippen LogP contribution in [0.5, 0.6) is 0 Å². The van der Waals surface area contributed by atoms with Gasteiger partial charge in [0.05, 0.1) is 0 Å². The molecule has 19 heavy (non-hydrogen) atoms. The number of ether oxygens (including phenoxy) is 2. The molecule has 0 fully saturated rings. The molecule has 0 saturated heterocycles. The van der Waals surface area contributed by atoms with Crippen LogP contribution in [0.3, 0.4) is 0 Å². The Balaban J connectivity index is 2.15. The number of halogens is 1. The first-order valence-corrected chi connectivity index (χ1v) is 6.18. The molecule has 1 aromatic carbocycles. The van der Waals surface area contributed by atoms with Gasteiger partial charge in [-0.15, -0.1) is 0 Å². The first-order chi connectivity index (χ1) is 8.88. The summed E-state index contributed by atoms with van der Waals surface area (Å²) in [5.74, 6) is -0.247. The van der Waals surface area contributed by atoms with Crippen molar-refractivity contribution in [2.24, 2.45) is 0 Å². The summed E-state index contributed by atoms with van der Waals surface area (Å²) < 4.78 is 23.1. The van der Waals surface area contributed by atoms with Crippen molar-refractivity contribution in [3.63, 3.8) is 0 Å². The van der Waals surface area contributed by atoms with Crippen molar-refractivity contribution in [2.45, 2.75) is 32.9 Å².